The zero-order valence-electron chi connectivity index (χ0n) is 12.9. The van der Waals surface area contributed by atoms with Crippen LogP contribution in [0.25, 0.3) is 11.0 Å². The van der Waals surface area contributed by atoms with Gasteiger partial charge in [0.1, 0.15) is 0 Å². The van der Waals surface area contributed by atoms with E-state index in [1.807, 2.05) is 16.5 Å². The van der Waals surface area contributed by atoms with E-state index in [0.717, 1.165) is 11.0 Å². The number of aliphatic hydroxyl groups excluding tert-OH is 1. The highest BCUT2D eigenvalue weighted by Crippen LogP contribution is 2.18. The Kier molecular flexibility index (Phi) is 4.94. The molecule has 1 aromatic heterocycles. The first-order chi connectivity index (χ1) is 10.0. The molecule has 0 saturated heterocycles. The largest absolute Gasteiger partial charge is 0.390 e. The van der Waals surface area contributed by atoms with Crippen LogP contribution in [-0.2, 0) is 6.54 Å². The predicted octanol–water partition coefficient (Wildman–Crippen LogP) is 1.86. The first kappa shape index (κ1) is 15.5. The number of aromatic nitrogens is 2. The molecule has 0 radical (unpaired) electrons. The van der Waals surface area contributed by atoms with Crippen molar-refractivity contribution >= 4 is 11.0 Å². The molecule has 5 nitrogen and oxygen atoms in total. The molecule has 2 rings (SSSR count). The van der Waals surface area contributed by atoms with Gasteiger partial charge in [-0.3, -0.25) is 0 Å². The normalized spacial score (nSPS) is 12.8. The monoisotopic (exact) mass is 286 g/mol. The minimum atomic E-state index is -0.479. The highest BCUT2D eigenvalue weighted by molar-refractivity contribution is 5.77. The molecule has 0 aliphatic carbocycles. The lowest BCUT2D eigenvalue weighted by atomic mass is 10.1. The lowest BCUT2D eigenvalue weighted by Gasteiger charge is -2.20. The van der Waals surface area contributed by atoms with E-state index in [-0.39, 0.29) is 0 Å². The Hall–Kier alpha value is -1.90. The molecule has 0 saturated carbocycles. The topological polar surface area (TPSA) is 65.1 Å². The Labute approximate surface area is 125 Å². The summed E-state index contributed by atoms with van der Waals surface area (Å²) in [6.07, 6.45) is 1.78. The summed E-state index contributed by atoms with van der Waals surface area (Å²) in [5.74, 6) is 0. The molecule has 1 N–H and O–H groups in total. The Balaban J connectivity index is 2.06. The number of benzene rings is 1. The van der Waals surface area contributed by atoms with Gasteiger partial charge in [-0.15, -0.1) is 0 Å². The van der Waals surface area contributed by atoms with Gasteiger partial charge in [0.25, 0.3) is 0 Å². The molecule has 2 aromatic rings. The molecule has 1 aromatic carbocycles. The summed E-state index contributed by atoms with van der Waals surface area (Å²) in [4.78, 5) is 6.37. The van der Waals surface area contributed by atoms with Crippen molar-refractivity contribution in [1.82, 2.24) is 14.5 Å². The highest BCUT2D eigenvalue weighted by Gasteiger charge is 2.11. The molecule has 0 amide bonds. The summed E-state index contributed by atoms with van der Waals surface area (Å²) in [7, 11) is 1.92. The Morgan fingerprint density at radius 3 is 2.81 bits per heavy atom. The lowest BCUT2D eigenvalue weighted by Crippen LogP contribution is -2.32. The van der Waals surface area contributed by atoms with Gasteiger partial charge >= 0.3 is 0 Å². The number of fused-ring (bicyclic) bond motifs is 1. The number of likely N-dealkylation sites (N-methyl/N-ethyl adjacent to an activating group) is 1. The maximum atomic E-state index is 10.2. The molecule has 1 unspecified atom stereocenters. The van der Waals surface area contributed by atoms with E-state index in [0.29, 0.717) is 26.1 Å². The number of nitrogens with zero attached hydrogens (tertiary/aromatic N) is 4. The van der Waals surface area contributed by atoms with Gasteiger partial charge in [0.05, 0.1) is 36.1 Å². The second-order valence-electron chi connectivity index (χ2n) is 5.65. The van der Waals surface area contributed by atoms with E-state index in [9.17, 15) is 5.11 Å². The average Bonchev–Trinajstić information content (AvgIpc) is 2.79. The van der Waals surface area contributed by atoms with Gasteiger partial charge in [0.15, 0.2) is 0 Å². The third-order valence-electron chi connectivity index (χ3n) is 3.77. The van der Waals surface area contributed by atoms with Crippen LogP contribution in [-0.4, -0.2) is 45.8 Å². The zero-order chi connectivity index (χ0) is 15.4. The Morgan fingerprint density at radius 2 is 2.10 bits per heavy atom. The minimum Gasteiger partial charge on any atom is -0.390 e. The van der Waals surface area contributed by atoms with E-state index in [2.05, 4.69) is 37.0 Å². The van der Waals surface area contributed by atoms with Crippen molar-refractivity contribution < 1.29 is 5.11 Å². The van der Waals surface area contributed by atoms with Gasteiger partial charge < -0.3 is 14.6 Å². The van der Waals surface area contributed by atoms with Crippen LogP contribution in [0.5, 0.6) is 0 Å². The summed E-state index contributed by atoms with van der Waals surface area (Å²) >= 11 is 0. The van der Waals surface area contributed by atoms with Crippen LogP contribution < -0.4 is 0 Å². The van der Waals surface area contributed by atoms with E-state index in [1.165, 1.54) is 11.1 Å². The maximum Gasteiger partial charge on any atom is 0.0959 e. The number of aliphatic hydroxyl groups is 1. The number of aryl methyl sites for hydroxylation is 2. The second kappa shape index (κ2) is 6.70. The molecule has 0 spiro atoms. The number of imidazole rings is 1. The van der Waals surface area contributed by atoms with Crippen LogP contribution in [0.1, 0.15) is 17.5 Å². The summed E-state index contributed by atoms with van der Waals surface area (Å²) in [5, 5.41) is 18.8. The van der Waals surface area contributed by atoms with Crippen LogP contribution >= 0.6 is 0 Å². The molecule has 0 aliphatic heterocycles. The molecular formula is C16H22N4O. The predicted molar refractivity (Wildman–Crippen MR) is 82.9 cm³/mol. The fourth-order valence-electron chi connectivity index (χ4n) is 2.44. The van der Waals surface area contributed by atoms with Crippen molar-refractivity contribution in [3.05, 3.63) is 29.6 Å². The van der Waals surface area contributed by atoms with Crippen molar-refractivity contribution in [3.63, 3.8) is 0 Å². The number of hydrogen-bond acceptors (Lipinski definition) is 4. The van der Waals surface area contributed by atoms with Gasteiger partial charge in [-0.25, -0.2) is 4.98 Å². The summed E-state index contributed by atoms with van der Waals surface area (Å²) in [6, 6.07) is 6.31. The first-order valence-electron chi connectivity index (χ1n) is 7.17. The van der Waals surface area contributed by atoms with Crippen LogP contribution in [0.15, 0.2) is 18.5 Å². The van der Waals surface area contributed by atoms with Crippen LogP contribution in [0.4, 0.5) is 0 Å². The lowest BCUT2D eigenvalue weighted by molar-refractivity contribution is 0.112. The van der Waals surface area contributed by atoms with Gasteiger partial charge in [0.2, 0.25) is 0 Å². The van der Waals surface area contributed by atoms with Crippen molar-refractivity contribution in [2.45, 2.75) is 32.9 Å². The Bertz CT molecular complexity index is 656. The standard InChI is InChI=1S/C16H22N4O/c1-12-7-15-16(8-13(12)2)20(11-18-15)10-14(21)9-19(3)6-4-5-17/h7-8,11,14,21H,4,6,9-10H2,1-3H3. The van der Waals surface area contributed by atoms with Crippen molar-refractivity contribution in [1.29, 1.82) is 5.26 Å². The van der Waals surface area contributed by atoms with Crippen molar-refractivity contribution in [2.75, 3.05) is 20.1 Å². The summed E-state index contributed by atoms with van der Waals surface area (Å²) in [6.45, 7) is 5.89. The van der Waals surface area contributed by atoms with E-state index >= 15 is 0 Å². The first-order valence-corrected chi connectivity index (χ1v) is 7.17. The zero-order valence-corrected chi connectivity index (χ0v) is 12.9. The van der Waals surface area contributed by atoms with Gasteiger partial charge in [0, 0.05) is 19.5 Å². The van der Waals surface area contributed by atoms with Crippen molar-refractivity contribution in [2.24, 2.45) is 0 Å². The molecule has 0 fully saturated rings. The highest BCUT2D eigenvalue weighted by atomic mass is 16.3. The summed E-state index contributed by atoms with van der Waals surface area (Å²) < 4.78 is 1.99. The minimum absolute atomic E-state index is 0.479. The molecule has 0 aliphatic rings. The van der Waals surface area contributed by atoms with Crippen LogP contribution in [0, 0.1) is 25.2 Å². The molecule has 0 bridgehead atoms. The van der Waals surface area contributed by atoms with E-state index < -0.39 is 6.10 Å². The molecule has 1 heterocycles. The van der Waals surface area contributed by atoms with Crippen molar-refractivity contribution in [3.8, 4) is 6.07 Å². The third kappa shape index (κ3) is 3.81. The number of nitriles is 1. The molecule has 1 atom stereocenters. The Morgan fingerprint density at radius 1 is 1.38 bits per heavy atom. The van der Waals surface area contributed by atoms with Gasteiger partial charge in [-0.1, -0.05) is 0 Å². The second-order valence-corrected chi connectivity index (χ2v) is 5.65. The smallest absolute Gasteiger partial charge is 0.0959 e. The van der Waals surface area contributed by atoms with Gasteiger partial charge in [-0.05, 0) is 44.2 Å². The third-order valence-corrected chi connectivity index (χ3v) is 3.77. The number of hydrogen-bond donors (Lipinski definition) is 1. The molecule has 5 heteroatoms. The molecule has 21 heavy (non-hydrogen) atoms. The molecular weight excluding hydrogens is 264 g/mol. The van der Waals surface area contributed by atoms with E-state index in [4.69, 9.17) is 5.26 Å². The van der Waals surface area contributed by atoms with Crippen LogP contribution in [0.3, 0.4) is 0 Å². The fraction of sp³-hybridized carbons (Fsp3) is 0.500. The fourth-order valence-corrected chi connectivity index (χ4v) is 2.44. The molecule has 112 valence electrons. The number of rotatable bonds is 6. The van der Waals surface area contributed by atoms with Gasteiger partial charge in [-0.2, -0.15) is 5.26 Å². The summed E-state index contributed by atoms with van der Waals surface area (Å²) in [5.41, 5.74) is 4.47. The van der Waals surface area contributed by atoms with Crippen LogP contribution in [0.2, 0.25) is 0 Å². The maximum absolute atomic E-state index is 10.2. The quantitative estimate of drug-likeness (QED) is 0.880. The van der Waals surface area contributed by atoms with E-state index in [1.54, 1.807) is 6.33 Å². The SMILES string of the molecule is Cc1cc2ncn(CC(O)CN(C)CCC#N)c2cc1C. The average molecular weight is 286 g/mol.